The van der Waals surface area contributed by atoms with E-state index < -0.39 is 0 Å². The number of nitrogens with one attached hydrogen (secondary N) is 2. The highest BCUT2D eigenvalue weighted by molar-refractivity contribution is 6.32. The zero-order valence-corrected chi connectivity index (χ0v) is 11.7. The molecule has 20 heavy (non-hydrogen) atoms. The Balaban J connectivity index is 1.90. The zero-order chi connectivity index (χ0) is 14.3. The van der Waals surface area contributed by atoms with Gasteiger partial charge in [-0.2, -0.15) is 5.10 Å². The second kappa shape index (κ2) is 4.72. The first-order chi connectivity index (χ1) is 9.56. The number of fused-ring (bicyclic) bond motifs is 1. The number of aryl methyl sites for hydroxylation is 2. The topological polar surface area (TPSA) is 76.2 Å². The average molecular weight is 294 g/mol. The van der Waals surface area contributed by atoms with Gasteiger partial charge in [-0.15, -0.1) is 0 Å². The van der Waals surface area contributed by atoms with Crippen LogP contribution < -0.4 is 14.8 Å². The monoisotopic (exact) mass is 293 g/mol. The Morgan fingerprint density at radius 1 is 1.40 bits per heavy atom. The molecule has 7 heteroatoms. The number of carbonyl (C=O) groups excluding carboxylic acids is 1. The van der Waals surface area contributed by atoms with Gasteiger partial charge in [0.05, 0.1) is 22.1 Å². The molecule has 1 aliphatic rings. The maximum absolute atomic E-state index is 12.3. The lowest BCUT2D eigenvalue weighted by atomic mass is 10.1. The molecule has 6 nitrogen and oxygen atoms in total. The Kier molecular flexibility index (Phi) is 3.02. The van der Waals surface area contributed by atoms with Crippen LogP contribution in [-0.2, 0) is 0 Å². The summed E-state index contributed by atoms with van der Waals surface area (Å²) in [5.41, 5.74) is 2.59. The number of rotatable bonds is 2. The van der Waals surface area contributed by atoms with Crippen LogP contribution in [0.4, 0.5) is 5.69 Å². The van der Waals surface area contributed by atoms with Crippen molar-refractivity contribution in [1.82, 2.24) is 10.2 Å². The fourth-order valence-electron chi connectivity index (χ4n) is 2.02. The second-order valence-corrected chi connectivity index (χ2v) is 4.86. The van der Waals surface area contributed by atoms with E-state index in [1.54, 1.807) is 12.1 Å². The van der Waals surface area contributed by atoms with Crippen molar-refractivity contribution >= 4 is 23.2 Å². The van der Waals surface area contributed by atoms with E-state index in [1.165, 1.54) is 0 Å². The predicted octanol–water partition coefficient (Wildman–Crippen LogP) is 2.66. The fourth-order valence-corrected chi connectivity index (χ4v) is 2.28. The normalized spacial score (nSPS) is 12.6. The summed E-state index contributed by atoms with van der Waals surface area (Å²) < 4.78 is 10.5. The highest BCUT2D eigenvalue weighted by Gasteiger charge is 2.21. The molecule has 0 spiro atoms. The Hall–Kier alpha value is -2.21. The minimum Gasteiger partial charge on any atom is -0.454 e. The molecule has 1 amide bonds. The predicted molar refractivity (Wildman–Crippen MR) is 73.6 cm³/mol. The lowest BCUT2D eigenvalue weighted by Gasteiger charge is -2.07. The number of carbonyl (C=O) groups is 1. The lowest BCUT2D eigenvalue weighted by molar-refractivity contribution is 0.102. The van der Waals surface area contributed by atoms with Crippen molar-refractivity contribution in [3.05, 3.63) is 34.1 Å². The standard InChI is InChI=1S/C13H12ClN3O3/c1-6-11(7(2)17-16-6)15-13(18)8-3-9(14)12-10(4-8)19-5-20-12/h3-4H,5H2,1-2H3,(H,15,18)(H,16,17). The van der Waals surface area contributed by atoms with Gasteiger partial charge >= 0.3 is 0 Å². The highest BCUT2D eigenvalue weighted by Crippen LogP contribution is 2.39. The van der Waals surface area contributed by atoms with Gasteiger partial charge in [0.25, 0.3) is 5.91 Å². The molecule has 2 heterocycles. The molecular formula is C13H12ClN3O3. The van der Waals surface area contributed by atoms with Crippen LogP contribution in [-0.4, -0.2) is 22.9 Å². The average Bonchev–Trinajstić information content (AvgIpc) is 3.00. The Morgan fingerprint density at radius 2 is 2.20 bits per heavy atom. The van der Waals surface area contributed by atoms with Gasteiger partial charge < -0.3 is 14.8 Å². The molecular weight excluding hydrogens is 282 g/mol. The van der Waals surface area contributed by atoms with E-state index in [0.29, 0.717) is 27.8 Å². The van der Waals surface area contributed by atoms with Crippen molar-refractivity contribution in [2.75, 3.05) is 12.1 Å². The summed E-state index contributed by atoms with van der Waals surface area (Å²) in [7, 11) is 0. The number of nitrogens with zero attached hydrogens (tertiary/aromatic N) is 1. The van der Waals surface area contributed by atoms with E-state index in [9.17, 15) is 4.79 Å². The van der Waals surface area contributed by atoms with Gasteiger partial charge in [-0.1, -0.05) is 11.6 Å². The molecule has 3 rings (SSSR count). The Labute approximate surface area is 120 Å². The molecule has 0 fully saturated rings. The SMILES string of the molecule is Cc1n[nH]c(C)c1NC(=O)c1cc(Cl)c2c(c1)OCO2. The van der Waals surface area contributed by atoms with Crippen LogP contribution >= 0.6 is 11.6 Å². The molecule has 1 aliphatic heterocycles. The first kappa shape index (κ1) is 12.8. The van der Waals surface area contributed by atoms with Crippen LogP contribution in [0.15, 0.2) is 12.1 Å². The largest absolute Gasteiger partial charge is 0.454 e. The molecule has 1 aromatic heterocycles. The number of amides is 1. The number of benzene rings is 1. The van der Waals surface area contributed by atoms with E-state index >= 15 is 0 Å². The van der Waals surface area contributed by atoms with Crippen LogP contribution in [0.2, 0.25) is 5.02 Å². The summed E-state index contributed by atoms with van der Waals surface area (Å²) in [6.07, 6.45) is 0. The second-order valence-electron chi connectivity index (χ2n) is 4.45. The van der Waals surface area contributed by atoms with Gasteiger partial charge in [-0.25, -0.2) is 0 Å². The minimum atomic E-state index is -0.280. The van der Waals surface area contributed by atoms with Crippen molar-refractivity contribution in [1.29, 1.82) is 0 Å². The maximum atomic E-state index is 12.3. The van der Waals surface area contributed by atoms with Gasteiger partial charge in [-0.3, -0.25) is 9.89 Å². The molecule has 1 aromatic carbocycles. The van der Waals surface area contributed by atoms with E-state index in [4.69, 9.17) is 21.1 Å². The number of H-pyrrole nitrogens is 1. The number of aromatic nitrogens is 2. The molecule has 0 saturated heterocycles. The summed E-state index contributed by atoms with van der Waals surface area (Å²) in [4.78, 5) is 12.3. The Morgan fingerprint density at radius 3 is 2.90 bits per heavy atom. The molecule has 2 N–H and O–H groups in total. The number of anilines is 1. The molecule has 0 radical (unpaired) electrons. The molecule has 0 saturated carbocycles. The van der Waals surface area contributed by atoms with Crippen LogP contribution in [0, 0.1) is 13.8 Å². The van der Waals surface area contributed by atoms with Crippen molar-refractivity contribution < 1.29 is 14.3 Å². The molecule has 0 aliphatic carbocycles. The quantitative estimate of drug-likeness (QED) is 0.892. The third kappa shape index (κ3) is 2.08. The van der Waals surface area contributed by atoms with Crippen LogP contribution in [0.3, 0.4) is 0 Å². The number of halogens is 1. The summed E-state index contributed by atoms with van der Waals surface area (Å²) in [5, 5.41) is 10.00. The van der Waals surface area contributed by atoms with Crippen molar-refractivity contribution in [3.63, 3.8) is 0 Å². The number of hydrogen-bond acceptors (Lipinski definition) is 4. The summed E-state index contributed by atoms with van der Waals surface area (Å²) in [6.45, 7) is 3.76. The zero-order valence-electron chi connectivity index (χ0n) is 10.9. The van der Waals surface area contributed by atoms with Gasteiger partial charge in [0.1, 0.15) is 0 Å². The first-order valence-electron chi connectivity index (χ1n) is 5.98. The highest BCUT2D eigenvalue weighted by atomic mass is 35.5. The Bertz CT molecular complexity index is 677. The summed E-state index contributed by atoms with van der Waals surface area (Å²) >= 11 is 6.06. The van der Waals surface area contributed by atoms with Gasteiger partial charge in [0.2, 0.25) is 6.79 Å². The fraction of sp³-hybridized carbons (Fsp3) is 0.231. The summed E-state index contributed by atoms with van der Waals surface area (Å²) in [6, 6.07) is 3.16. The number of aromatic amines is 1. The third-order valence-electron chi connectivity index (χ3n) is 3.06. The maximum Gasteiger partial charge on any atom is 0.255 e. The minimum absolute atomic E-state index is 0.111. The number of hydrogen-bond donors (Lipinski definition) is 2. The van der Waals surface area contributed by atoms with Gasteiger partial charge in [0.15, 0.2) is 11.5 Å². The molecule has 0 atom stereocenters. The smallest absolute Gasteiger partial charge is 0.255 e. The molecule has 0 unspecified atom stereocenters. The molecule has 0 bridgehead atoms. The van der Waals surface area contributed by atoms with E-state index in [-0.39, 0.29) is 12.7 Å². The van der Waals surface area contributed by atoms with Crippen molar-refractivity contribution in [2.24, 2.45) is 0 Å². The molecule has 2 aromatic rings. The van der Waals surface area contributed by atoms with Crippen LogP contribution in [0.1, 0.15) is 21.7 Å². The summed E-state index contributed by atoms with van der Waals surface area (Å²) in [5.74, 6) is 0.667. The van der Waals surface area contributed by atoms with E-state index in [2.05, 4.69) is 15.5 Å². The molecule has 104 valence electrons. The first-order valence-corrected chi connectivity index (χ1v) is 6.36. The van der Waals surface area contributed by atoms with Crippen LogP contribution in [0.25, 0.3) is 0 Å². The van der Waals surface area contributed by atoms with Gasteiger partial charge in [-0.05, 0) is 26.0 Å². The van der Waals surface area contributed by atoms with Crippen molar-refractivity contribution in [3.8, 4) is 11.5 Å². The van der Waals surface area contributed by atoms with Crippen molar-refractivity contribution in [2.45, 2.75) is 13.8 Å². The van der Waals surface area contributed by atoms with Crippen LogP contribution in [0.5, 0.6) is 11.5 Å². The van der Waals surface area contributed by atoms with Gasteiger partial charge in [0, 0.05) is 5.56 Å². The number of ether oxygens (including phenoxy) is 2. The van der Waals surface area contributed by atoms with E-state index in [0.717, 1.165) is 11.4 Å². The van der Waals surface area contributed by atoms with E-state index in [1.807, 2.05) is 13.8 Å². The third-order valence-corrected chi connectivity index (χ3v) is 3.34. The lowest BCUT2D eigenvalue weighted by Crippen LogP contribution is -2.13.